The van der Waals surface area contributed by atoms with Crippen molar-refractivity contribution in [3.05, 3.63) is 10.6 Å². The van der Waals surface area contributed by atoms with Crippen molar-refractivity contribution in [2.24, 2.45) is 11.8 Å². The predicted octanol–water partition coefficient (Wildman–Crippen LogP) is 3.33. The first kappa shape index (κ1) is 7.33. The number of allylic oxidation sites excluding steroid dienone is 2. The highest BCUT2D eigenvalue weighted by atomic mass is 79.9. The third kappa shape index (κ3) is 1.37. The third-order valence-corrected chi connectivity index (χ3v) is 3.08. The molecule has 0 aromatic rings. The molecule has 0 saturated carbocycles. The highest BCUT2D eigenvalue weighted by molar-refractivity contribution is 9.11. The Balaban J connectivity index is 2.57. The quantitative estimate of drug-likeness (QED) is 0.593. The Morgan fingerprint density at radius 1 is 1.78 bits per heavy atom. The first-order valence-corrected chi connectivity index (χ1v) is 4.40. The molecule has 0 radical (unpaired) electrons. The summed E-state index contributed by atoms with van der Waals surface area (Å²) in [6.07, 6.45) is 4.84. The monoisotopic (exact) mass is 188 g/mol. The molecule has 2 atom stereocenters. The van der Waals surface area contributed by atoms with Gasteiger partial charge in [0.15, 0.2) is 0 Å². The molecule has 0 N–H and O–H groups in total. The summed E-state index contributed by atoms with van der Waals surface area (Å²) in [6.45, 7) is 4.57. The molecule has 0 unspecified atom stereocenters. The lowest BCUT2D eigenvalue weighted by atomic mass is 9.95. The highest BCUT2D eigenvalue weighted by Crippen LogP contribution is 2.36. The zero-order valence-corrected chi connectivity index (χ0v) is 7.61. The first-order valence-electron chi connectivity index (χ1n) is 3.61. The van der Waals surface area contributed by atoms with Gasteiger partial charge >= 0.3 is 0 Å². The van der Waals surface area contributed by atoms with Crippen LogP contribution in [0.1, 0.15) is 26.7 Å². The number of hydrogen-bond acceptors (Lipinski definition) is 0. The Bertz CT molecular complexity index is 127. The maximum absolute atomic E-state index is 3.57. The molecule has 1 aliphatic rings. The fourth-order valence-electron chi connectivity index (χ4n) is 1.48. The average Bonchev–Trinajstić information content (AvgIpc) is 2.12. The minimum atomic E-state index is 0.810. The van der Waals surface area contributed by atoms with Gasteiger partial charge in [0.1, 0.15) is 0 Å². The molecular formula is C8H13Br. The lowest BCUT2D eigenvalue weighted by molar-refractivity contribution is 0.447. The number of rotatable bonds is 1. The molecule has 0 spiro atoms. The molecule has 1 rings (SSSR count). The molecule has 52 valence electrons. The van der Waals surface area contributed by atoms with Crippen molar-refractivity contribution < 1.29 is 0 Å². The normalized spacial score (nSPS) is 34.8. The van der Waals surface area contributed by atoms with Crippen LogP contribution in [-0.2, 0) is 0 Å². The van der Waals surface area contributed by atoms with E-state index < -0.39 is 0 Å². The summed E-state index contributed by atoms with van der Waals surface area (Å²) >= 11 is 3.57. The van der Waals surface area contributed by atoms with Gasteiger partial charge in [0.25, 0.3) is 0 Å². The second kappa shape index (κ2) is 2.87. The summed E-state index contributed by atoms with van der Waals surface area (Å²) in [7, 11) is 0. The van der Waals surface area contributed by atoms with Crippen molar-refractivity contribution in [3.8, 4) is 0 Å². The van der Waals surface area contributed by atoms with Crippen molar-refractivity contribution >= 4 is 15.9 Å². The number of hydrogen-bond donors (Lipinski definition) is 0. The summed E-state index contributed by atoms with van der Waals surface area (Å²) in [6, 6.07) is 0. The Kier molecular flexibility index (Phi) is 2.34. The van der Waals surface area contributed by atoms with Crippen molar-refractivity contribution in [3.63, 3.8) is 0 Å². The van der Waals surface area contributed by atoms with Crippen LogP contribution in [-0.4, -0.2) is 0 Å². The second-order valence-corrected chi connectivity index (χ2v) is 3.73. The summed E-state index contributed by atoms with van der Waals surface area (Å²) in [5.41, 5.74) is 0. The Labute approximate surface area is 65.5 Å². The van der Waals surface area contributed by atoms with Crippen molar-refractivity contribution in [1.29, 1.82) is 0 Å². The van der Waals surface area contributed by atoms with Crippen LogP contribution < -0.4 is 0 Å². The molecule has 1 heteroatoms. The van der Waals surface area contributed by atoms with Crippen LogP contribution in [0.25, 0.3) is 0 Å². The molecular weight excluding hydrogens is 176 g/mol. The van der Waals surface area contributed by atoms with E-state index in [9.17, 15) is 0 Å². The van der Waals surface area contributed by atoms with Gasteiger partial charge in [0.2, 0.25) is 0 Å². The minimum Gasteiger partial charge on any atom is -0.0738 e. The summed E-state index contributed by atoms with van der Waals surface area (Å²) in [5.74, 6) is 1.68. The van der Waals surface area contributed by atoms with E-state index in [4.69, 9.17) is 0 Å². The topological polar surface area (TPSA) is 0 Å². The number of halogens is 1. The van der Waals surface area contributed by atoms with E-state index >= 15 is 0 Å². The van der Waals surface area contributed by atoms with Crippen LogP contribution >= 0.6 is 15.9 Å². The average molecular weight is 189 g/mol. The van der Waals surface area contributed by atoms with E-state index in [0.717, 1.165) is 11.8 Å². The standard InChI is InChI=1S/C8H13Br/c1-3-7-6(2)4-5-8(7)9/h5-7H,3-4H2,1-2H3/t6-,7+/m1/s1. The van der Waals surface area contributed by atoms with Crippen molar-refractivity contribution in [2.75, 3.05) is 0 Å². The van der Waals surface area contributed by atoms with E-state index in [-0.39, 0.29) is 0 Å². The largest absolute Gasteiger partial charge is 0.0738 e. The van der Waals surface area contributed by atoms with E-state index in [0.29, 0.717) is 0 Å². The minimum absolute atomic E-state index is 0.810. The van der Waals surface area contributed by atoms with Crippen LogP contribution in [0.2, 0.25) is 0 Å². The van der Waals surface area contributed by atoms with Crippen LogP contribution in [0.3, 0.4) is 0 Å². The molecule has 0 heterocycles. The van der Waals surface area contributed by atoms with Gasteiger partial charge in [-0.25, -0.2) is 0 Å². The van der Waals surface area contributed by atoms with Gasteiger partial charge in [0.05, 0.1) is 0 Å². The van der Waals surface area contributed by atoms with Crippen LogP contribution in [0, 0.1) is 11.8 Å². The molecule has 0 aliphatic heterocycles. The molecule has 0 aromatic carbocycles. The fourth-order valence-corrected chi connectivity index (χ4v) is 2.45. The first-order chi connectivity index (χ1) is 4.25. The summed E-state index contributed by atoms with van der Waals surface area (Å²) in [4.78, 5) is 0. The van der Waals surface area contributed by atoms with Crippen LogP contribution in [0.5, 0.6) is 0 Å². The van der Waals surface area contributed by atoms with Crippen LogP contribution in [0.15, 0.2) is 10.6 Å². The zero-order chi connectivity index (χ0) is 6.85. The van der Waals surface area contributed by atoms with E-state index in [2.05, 4.69) is 35.9 Å². The molecule has 0 saturated heterocycles. The fraction of sp³-hybridized carbons (Fsp3) is 0.750. The van der Waals surface area contributed by atoms with Gasteiger partial charge in [-0.05, 0) is 29.2 Å². The molecule has 1 aliphatic carbocycles. The Hall–Kier alpha value is 0.220. The Morgan fingerprint density at radius 2 is 2.44 bits per heavy atom. The van der Waals surface area contributed by atoms with Crippen LogP contribution in [0.4, 0.5) is 0 Å². The van der Waals surface area contributed by atoms with Gasteiger partial charge in [-0.15, -0.1) is 0 Å². The van der Waals surface area contributed by atoms with E-state index in [1.807, 2.05) is 0 Å². The molecule has 0 amide bonds. The molecule has 0 fully saturated rings. The zero-order valence-electron chi connectivity index (χ0n) is 6.02. The maximum atomic E-state index is 3.57. The van der Waals surface area contributed by atoms with Crippen molar-refractivity contribution in [1.82, 2.24) is 0 Å². The second-order valence-electron chi connectivity index (χ2n) is 2.82. The smallest absolute Gasteiger partial charge is 0.00555 e. The third-order valence-electron chi connectivity index (χ3n) is 2.17. The Morgan fingerprint density at radius 3 is 2.67 bits per heavy atom. The maximum Gasteiger partial charge on any atom is -0.00555 e. The molecule has 0 aromatic heterocycles. The van der Waals surface area contributed by atoms with E-state index in [1.165, 1.54) is 17.3 Å². The van der Waals surface area contributed by atoms with E-state index in [1.54, 1.807) is 0 Å². The van der Waals surface area contributed by atoms with Gasteiger partial charge in [-0.3, -0.25) is 0 Å². The van der Waals surface area contributed by atoms with Gasteiger partial charge in [-0.2, -0.15) is 0 Å². The summed E-state index contributed by atoms with van der Waals surface area (Å²) < 4.78 is 1.43. The van der Waals surface area contributed by atoms with Crippen molar-refractivity contribution in [2.45, 2.75) is 26.7 Å². The predicted molar refractivity (Wildman–Crippen MR) is 44.6 cm³/mol. The SMILES string of the molecule is CC[C@@H]1C(Br)=CC[C@H]1C. The molecule has 0 bridgehead atoms. The van der Waals surface area contributed by atoms with Gasteiger partial charge in [-0.1, -0.05) is 35.9 Å². The lowest BCUT2D eigenvalue weighted by Crippen LogP contribution is -2.03. The molecule has 0 nitrogen and oxygen atoms in total. The lowest BCUT2D eigenvalue weighted by Gasteiger charge is -2.13. The van der Waals surface area contributed by atoms with Gasteiger partial charge < -0.3 is 0 Å². The summed E-state index contributed by atoms with van der Waals surface area (Å²) in [5, 5.41) is 0. The molecule has 9 heavy (non-hydrogen) atoms. The van der Waals surface area contributed by atoms with Gasteiger partial charge in [0, 0.05) is 0 Å². The highest BCUT2D eigenvalue weighted by Gasteiger charge is 2.22.